The Morgan fingerprint density at radius 2 is 2.05 bits per heavy atom. The normalized spacial score (nSPS) is 21.4. The highest BCUT2D eigenvalue weighted by atomic mass is 16.5. The number of hydrogen-bond acceptors (Lipinski definition) is 3. The molecule has 2 aliphatic heterocycles. The first-order valence-corrected chi connectivity index (χ1v) is 7.22. The molecule has 20 heavy (non-hydrogen) atoms. The van der Waals surface area contributed by atoms with Crippen LogP contribution in [0.1, 0.15) is 42.6 Å². The average molecular weight is 275 g/mol. The first-order valence-electron chi connectivity index (χ1n) is 7.22. The van der Waals surface area contributed by atoms with E-state index >= 15 is 0 Å². The summed E-state index contributed by atoms with van der Waals surface area (Å²) >= 11 is 0. The Balaban J connectivity index is 1.83. The van der Waals surface area contributed by atoms with Gasteiger partial charge >= 0.3 is 0 Å². The van der Waals surface area contributed by atoms with Gasteiger partial charge < -0.3 is 14.7 Å². The molecule has 1 fully saturated rings. The van der Waals surface area contributed by atoms with E-state index in [2.05, 4.69) is 13.8 Å². The van der Waals surface area contributed by atoms with Gasteiger partial charge in [-0.1, -0.05) is 13.8 Å². The molecule has 0 aromatic heterocycles. The topological polar surface area (TPSA) is 49.8 Å². The average Bonchev–Trinajstić information content (AvgIpc) is 2.74. The molecule has 1 amide bonds. The van der Waals surface area contributed by atoms with Crippen LogP contribution in [-0.2, 0) is 5.41 Å². The van der Waals surface area contributed by atoms with Gasteiger partial charge in [-0.05, 0) is 31.0 Å². The van der Waals surface area contributed by atoms with Crippen LogP contribution in [-0.4, -0.2) is 41.7 Å². The summed E-state index contributed by atoms with van der Waals surface area (Å²) in [6.07, 6.45) is 1.09. The molecule has 1 saturated heterocycles. The van der Waals surface area contributed by atoms with Crippen LogP contribution in [0.3, 0.4) is 0 Å². The predicted octanol–water partition coefficient (Wildman–Crippen LogP) is 1.95. The molecule has 0 spiro atoms. The minimum Gasteiger partial charge on any atom is -0.492 e. The molecule has 3 rings (SSSR count). The molecule has 2 heterocycles. The molecule has 2 aliphatic rings. The number of carbonyl (C=O) groups excluding carboxylic acids is 1. The minimum atomic E-state index is -0.258. The van der Waals surface area contributed by atoms with Crippen LogP contribution in [0.4, 0.5) is 0 Å². The number of amides is 1. The highest BCUT2D eigenvalue weighted by Gasteiger charge is 2.33. The Hall–Kier alpha value is -1.55. The van der Waals surface area contributed by atoms with Crippen LogP contribution in [0, 0.1) is 0 Å². The maximum atomic E-state index is 12.5. The van der Waals surface area contributed by atoms with Crippen molar-refractivity contribution < 1.29 is 14.6 Å². The van der Waals surface area contributed by atoms with Gasteiger partial charge in [-0.15, -0.1) is 0 Å². The number of ether oxygens (including phenoxy) is 1. The van der Waals surface area contributed by atoms with Crippen LogP contribution < -0.4 is 4.74 Å². The quantitative estimate of drug-likeness (QED) is 0.852. The smallest absolute Gasteiger partial charge is 0.253 e. The summed E-state index contributed by atoms with van der Waals surface area (Å²) in [5.74, 6) is 0.947. The third-order valence-electron chi connectivity index (χ3n) is 4.30. The van der Waals surface area contributed by atoms with Crippen molar-refractivity contribution in [3.8, 4) is 5.75 Å². The molecule has 0 unspecified atom stereocenters. The van der Waals surface area contributed by atoms with Crippen molar-refractivity contribution in [2.75, 3.05) is 19.7 Å². The molecule has 0 atom stereocenters. The molecule has 1 aromatic rings. The first-order chi connectivity index (χ1) is 9.47. The second-order valence-electron chi connectivity index (χ2n) is 6.41. The predicted molar refractivity (Wildman–Crippen MR) is 76.1 cm³/mol. The third kappa shape index (κ3) is 2.29. The maximum absolute atomic E-state index is 12.5. The summed E-state index contributed by atoms with van der Waals surface area (Å²) in [5, 5.41) is 9.52. The van der Waals surface area contributed by atoms with Gasteiger partial charge in [0.05, 0.1) is 12.7 Å². The largest absolute Gasteiger partial charge is 0.492 e. The van der Waals surface area contributed by atoms with Crippen molar-refractivity contribution in [2.45, 2.75) is 38.2 Å². The van der Waals surface area contributed by atoms with Gasteiger partial charge in [-0.3, -0.25) is 4.79 Å². The van der Waals surface area contributed by atoms with E-state index in [4.69, 9.17) is 4.74 Å². The highest BCUT2D eigenvalue weighted by molar-refractivity contribution is 5.94. The Bertz CT molecular complexity index is 531. The van der Waals surface area contributed by atoms with E-state index in [1.807, 2.05) is 23.1 Å². The second kappa shape index (κ2) is 4.77. The van der Waals surface area contributed by atoms with Gasteiger partial charge in [0.25, 0.3) is 5.91 Å². The molecule has 0 bridgehead atoms. The number of aliphatic hydroxyl groups excluding tert-OH is 1. The van der Waals surface area contributed by atoms with Crippen LogP contribution in [0.25, 0.3) is 0 Å². The lowest BCUT2D eigenvalue weighted by atomic mass is 9.86. The zero-order chi connectivity index (χ0) is 14.3. The Morgan fingerprint density at radius 3 is 2.75 bits per heavy atom. The van der Waals surface area contributed by atoms with Gasteiger partial charge in [-0.2, -0.15) is 0 Å². The van der Waals surface area contributed by atoms with Crippen molar-refractivity contribution in [3.05, 3.63) is 29.3 Å². The summed E-state index contributed by atoms with van der Waals surface area (Å²) in [4.78, 5) is 14.4. The Morgan fingerprint density at radius 1 is 1.35 bits per heavy atom. The van der Waals surface area contributed by atoms with E-state index in [1.165, 1.54) is 0 Å². The number of aliphatic hydroxyl groups is 1. The summed E-state index contributed by atoms with van der Waals surface area (Å²) in [6.45, 7) is 6.19. The van der Waals surface area contributed by atoms with Gasteiger partial charge in [0.1, 0.15) is 5.75 Å². The van der Waals surface area contributed by atoms with Crippen LogP contribution in [0.15, 0.2) is 18.2 Å². The van der Waals surface area contributed by atoms with E-state index in [-0.39, 0.29) is 17.4 Å². The number of piperidine rings is 1. The molecule has 4 nitrogen and oxygen atoms in total. The van der Waals surface area contributed by atoms with Crippen molar-refractivity contribution in [1.29, 1.82) is 0 Å². The molecule has 0 aliphatic carbocycles. The summed E-state index contributed by atoms with van der Waals surface area (Å²) in [7, 11) is 0. The summed E-state index contributed by atoms with van der Waals surface area (Å²) in [6, 6.07) is 5.71. The number of likely N-dealkylation sites (tertiary alicyclic amines) is 1. The van der Waals surface area contributed by atoms with E-state index in [0.29, 0.717) is 32.5 Å². The molecule has 1 N–H and O–H groups in total. The zero-order valence-electron chi connectivity index (χ0n) is 12.1. The lowest BCUT2D eigenvalue weighted by molar-refractivity contribution is 0.0546. The van der Waals surface area contributed by atoms with E-state index in [1.54, 1.807) is 0 Å². The Kier molecular flexibility index (Phi) is 3.21. The molecule has 0 radical (unpaired) electrons. The van der Waals surface area contributed by atoms with Crippen LogP contribution >= 0.6 is 0 Å². The monoisotopic (exact) mass is 275 g/mol. The van der Waals surface area contributed by atoms with Gasteiger partial charge in [0, 0.05) is 29.6 Å². The van der Waals surface area contributed by atoms with Gasteiger partial charge in [0.15, 0.2) is 0 Å². The number of nitrogens with zero attached hydrogens (tertiary/aromatic N) is 1. The first kappa shape index (κ1) is 13.4. The molecular weight excluding hydrogens is 254 g/mol. The fraction of sp³-hybridized carbons (Fsp3) is 0.562. The molecular formula is C16H21NO3. The van der Waals surface area contributed by atoms with Crippen LogP contribution in [0.5, 0.6) is 5.75 Å². The van der Waals surface area contributed by atoms with Crippen LogP contribution in [0.2, 0.25) is 0 Å². The summed E-state index contributed by atoms with van der Waals surface area (Å²) in [5.41, 5.74) is 1.79. The van der Waals surface area contributed by atoms with E-state index < -0.39 is 0 Å². The lowest BCUT2D eigenvalue weighted by Crippen LogP contribution is -2.40. The van der Waals surface area contributed by atoms with Gasteiger partial charge in [-0.25, -0.2) is 0 Å². The third-order valence-corrected chi connectivity index (χ3v) is 4.30. The number of fused-ring (bicyclic) bond motifs is 1. The number of carbonyl (C=O) groups is 1. The van der Waals surface area contributed by atoms with Crippen molar-refractivity contribution in [1.82, 2.24) is 4.90 Å². The molecule has 0 saturated carbocycles. The maximum Gasteiger partial charge on any atom is 0.253 e. The molecule has 1 aromatic carbocycles. The zero-order valence-corrected chi connectivity index (χ0v) is 12.1. The van der Waals surface area contributed by atoms with Crippen molar-refractivity contribution >= 4 is 5.91 Å². The molecule has 4 heteroatoms. The van der Waals surface area contributed by atoms with E-state index in [0.717, 1.165) is 16.9 Å². The van der Waals surface area contributed by atoms with Gasteiger partial charge in [0.2, 0.25) is 0 Å². The van der Waals surface area contributed by atoms with E-state index in [9.17, 15) is 9.90 Å². The fourth-order valence-corrected chi connectivity index (χ4v) is 2.91. The van der Waals surface area contributed by atoms with Crippen molar-refractivity contribution in [3.63, 3.8) is 0 Å². The SMILES string of the molecule is CC1(C)COc2ccc(C(=O)N3CCC(O)CC3)cc21. The standard InChI is InChI=1S/C16H21NO3/c1-16(2)10-20-14-4-3-11(9-13(14)16)15(19)17-7-5-12(18)6-8-17/h3-4,9,12,18H,5-8,10H2,1-2H3. The number of rotatable bonds is 1. The fourth-order valence-electron chi connectivity index (χ4n) is 2.91. The summed E-state index contributed by atoms with van der Waals surface area (Å²) < 4.78 is 5.65. The van der Waals surface area contributed by atoms with Crippen molar-refractivity contribution in [2.24, 2.45) is 0 Å². The number of benzene rings is 1. The number of hydrogen-bond donors (Lipinski definition) is 1. The lowest BCUT2D eigenvalue weighted by Gasteiger charge is -2.29. The Labute approximate surface area is 119 Å². The minimum absolute atomic E-state index is 0.0380. The molecule has 108 valence electrons. The second-order valence-corrected chi connectivity index (χ2v) is 6.41. The highest BCUT2D eigenvalue weighted by Crippen LogP contribution is 2.38.